The van der Waals surface area contributed by atoms with Crippen molar-refractivity contribution in [3.8, 4) is 0 Å². The molecule has 0 aliphatic heterocycles. The van der Waals surface area contributed by atoms with Crippen LogP contribution in [0.25, 0.3) is 0 Å². The minimum absolute atomic E-state index is 0.0471. The third-order valence-electron chi connectivity index (χ3n) is 3.66. The Morgan fingerprint density at radius 1 is 1.22 bits per heavy atom. The Balaban J connectivity index is 1.94. The van der Waals surface area contributed by atoms with Gasteiger partial charge in [-0.25, -0.2) is 0 Å². The Kier molecular flexibility index (Phi) is 5.67. The van der Waals surface area contributed by atoms with E-state index in [0.717, 1.165) is 16.7 Å². The van der Waals surface area contributed by atoms with Gasteiger partial charge in [0.25, 0.3) is 5.69 Å². The average molecular weight is 315 g/mol. The monoisotopic (exact) mass is 315 g/mol. The fraction of sp³-hybridized carbons (Fsp3) is 0.294. The molecule has 0 amide bonds. The number of aliphatic hydroxyl groups excluding tert-OH is 1. The van der Waals surface area contributed by atoms with Gasteiger partial charge in [-0.3, -0.25) is 10.1 Å². The van der Waals surface area contributed by atoms with Gasteiger partial charge in [0, 0.05) is 26.2 Å². The Hall–Kier alpha value is -2.44. The van der Waals surface area contributed by atoms with Crippen molar-refractivity contribution in [1.82, 2.24) is 5.32 Å². The summed E-state index contributed by atoms with van der Waals surface area (Å²) in [7, 11) is 1.65. The van der Waals surface area contributed by atoms with Gasteiger partial charge < -0.3 is 15.7 Å². The largest absolute Gasteiger partial charge is 0.387 e. The highest BCUT2D eigenvalue weighted by atomic mass is 16.6. The lowest BCUT2D eigenvalue weighted by molar-refractivity contribution is -0.384. The summed E-state index contributed by atoms with van der Waals surface area (Å²) < 4.78 is 0. The maximum Gasteiger partial charge on any atom is 0.292 e. The first kappa shape index (κ1) is 16.9. The summed E-state index contributed by atoms with van der Waals surface area (Å²) in [5.41, 5.74) is 3.32. The second kappa shape index (κ2) is 7.71. The number of hydrogen-bond donors (Lipinski definition) is 3. The first-order valence-corrected chi connectivity index (χ1v) is 7.41. The number of aliphatic hydroxyl groups is 1. The number of anilines is 1. The van der Waals surface area contributed by atoms with Crippen LogP contribution in [0.4, 0.5) is 11.4 Å². The van der Waals surface area contributed by atoms with E-state index in [9.17, 15) is 15.2 Å². The maximum atomic E-state index is 11.0. The molecule has 0 aromatic heterocycles. The standard InChI is InChI=1S/C17H21N3O3/c1-12-3-6-14(7-4-12)17(21)11-19-10-13-5-8-15(18-2)16(9-13)20(22)23/h3-9,17-19,21H,10-11H2,1-2H3. The molecule has 0 saturated heterocycles. The summed E-state index contributed by atoms with van der Waals surface area (Å²) >= 11 is 0. The van der Waals surface area contributed by atoms with E-state index in [1.807, 2.05) is 37.3 Å². The highest BCUT2D eigenvalue weighted by molar-refractivity contribution is 5.62. The van der Waals surface area contributed by atoms with E-state index >= 15 is 0 Å². The number of nitrogens with one attached hydrogen (secondary N) is 2. The summed E-state index contributed by atoms with van der Waals surface area (Å²) in [5.74, 6) is 0. The molecule has 6 nitrogen and oxygen atoms in total. The van der Waals surface area contributed by atoms with Gasteiger partial charge in [0.1, 0.15) is 5.69 Å². The van der Waals surface area contributed by atoms with E-state index in [1.165, 1.54) is 6.07 Å². The van der Waals surface area contributed by atoms with Gasteiger partial charge in [0.15, 0.2) is 0 Å². The van der Waals surface area contributed by atoms with Crippen LogP contribution in [0.2, 0.25) is 0 Å². The van der Waals surface area contributed by atoms with Crippen molar-refractivity contribution in [2.24, 2.45) is 0 Å². The summed E-state index contributed by atoms with van der Waals surface area (Å²) in [6.07, 6.45) is -0.609. The van der Waals surface area contributed by atoms with Crippen molar-refractivity contribution >= 4 is 11.4 Å². The highest BCUT2D eigenvalue weighted by Crippen LogP contribution is 2.25. The van der Waals surface area contributed by atoms with Gasteiger partial charge in [-0.15, -0.1) is 0 Å². The van der Waals surface area contributed by atoms with Crippen LogP contribution in [-0.4, -0.2) is 23.6 Å². The maximum absolute atomic E-state index is 11.0. The fourth-order valence-corrected chi connectivity index (χ4v) is 2.31. The minimum atomic E-state index is -0.609. The van der Waals surface area contributed by atoms with Gasteiger partial charge in [-0.2, -0.15) is 0 Å². The van der Waals surface area contributed by atoms with E-state index in [4.69, 9.17) is 0 Å². The highest BCUT2D eigenvalue weighted by Gasteiger charge is 2.13. The molecule has 0 heterocycles. The molecule has 0 aliphatic carbocycles. The first-order chi connectivity index (χ1) is 11.0. The summed E-state index contributed by atoms with van der Waals surface area (Å²) in [6, 6.07) is 12.8. The number of benzene rings is 2. The topological polar surface area (TPSA) is 87.4 Å². The number of nitrogens with zero attached hydrogens (tertiary/aromatic N) is 1. The molecule has 2 aromatic rings. The third kappa shape index (κ3) is 4.51. The molecule has 1 atom stereocenters. The average Bonchev–Trinajstić information content (AvgIpc) is 2.55. The lowest BCUT2D eigenvalue weighted by Gasteiger charge is -2.13. The van der Waals surface area contributed by atoms with E-state index < -0.39 is 11.0 Å². The first-order valence-electron chi connectivity index (χ1n) is 7.41. The van der Waals surface area contributed by atoms with Gasteiger partial charge in [-0.1, -0.05) is 35.9 Å². The van der Waals surface area contributed by atoms with Crippen molar-refractivity contribution in [3.05, 3.63) is 69.3 Å². The second-order valence-electron chi connectivity index (χ2n) is 5.42. The van der Waals surface area contributed by atoms with E-state index in [2.05, 4.69) is 10.6 Å². The van der Waals surface area contributed by atoms with Crippen molar-refractivity contribution in [2.45, 2.75) is 19.6 Å². The van der Waals surface area contributed by atoms with Crippen LogP contribution in [0.1, 0.15) is 22.8 Å². The number of hydrogen-bond acceptors (Lipinski definition) is 5. The smallest absolute Gasteiger partial charge is 0.292 e. The molecular formula is C17H21N3O3. The van der Waals surface area contributed by atoms with Crippen molar-refractivity contribution in [2.75, 3.05) is 18.9 Å². The van der Waals surface area contributed by atoms with Gasteiger partial charge in [0.05, 0.1) is 11.0 Å². The lowest BCUT2D eigenvalue weighted by Crippen LogP contribution is -2.21. The van der Waals surface area contributed by atoms with Gasteiger partial charge in [-0.05, 0) is 24.1 Å². The van der Waals surface area contributed by atoms with Crippen LogP contribution in [0.15, 0.2) is 42.5 Å². The molecule has 122 valence electrons. The van der Waals surface area contributed by atoms with Crippen LogP contribution in [0.5, 0.6) is 0 Å². The van der Waals surface area contributed by atoms with E-state index in [1.54, 1.807) is 13.1 Å². The van der Waals surface area contributed by atoms with Crippen LogP contribution in [0.3, 0.4) is 0 Å². The zero-order valence-corrected chi connectivity index (χ0v) is 13.2. The Bertz CT molecular complexity index is 671. The van der Waals surface area contributed by atoms with E-state index in [0.29, 0.717) is 18.8 Å². The molecule has 0 spiro atoms. The van der Waals surface area contributed by atoms with Crippen LogP contribution in [0, 0.1) is 17.0 Å². The molecule has 0 radical (unpaired) electrons. The molecule has 2 rings (SSSR count). The Labute approximate surface area is 135 Å². The van der Waals surface area contributed by atoms with Gasteiger partial charge >= 0.3 is 0 Å². The predicted molar refractivity (Wildman–Crippen MR) is 90.5 cm³/mol. The van der Waals surface area contributed by atoms with Crippen molar-refractivity contribution in [3.63, 3.8) is 0 Å². The Morgan fingerprint density at radius 3 is 2.52 bits per heavy atom. The SMILES string of the molecule is CNc1ccc(CNCC(O)c2ccc(C)cc2)cc1[N+](=O)[O-]. The molecule has 23 heavy (non-hydrogen) atoms. The lowest BCUT2D eigenvalue weighted by atomic mass is 10.1. The summed E-state index contributed by atoms with van der Waals surface area (Å²) in [4.78, 5) is 10.6. The minimum Gasteiger partial charge on any atom is -0.387 e. The summed E-state index contributed by atoms with van der Waals surface area (Å²) in [5, 5.41) is 27.1. The van der Waals surface area contributed by atoms with Crippen LogP contribution >= 0.6 is 0 Å². The number of rotatable bonds is 7. The molecule has 2 aromatic carbocycles. The Morgan fingerprint density at radius 2 is 1.91 bits per heavy atom. The van der Waals surface area contributed by atoms with Crippen LogP contribution in [-0.2, 0) is 6.54 Å². The normalized spacial score (nSPS) is 12.0. The third-order valence-corrected chi connectivity index (χ3v) is 3.66. The summed E-state index contributed by atoms with van der Waals surface area (Å²) in [6.45, 7) is 2.83. The van der Waals surface area contributed by atoms with E-state index in [-0.39, 0.29) is 5.69 Å². The fourth-order valence-electron chi connectivity index (χ4n) is 2.31. The second-order valence-corrected chi connectivity index (χ2v) is 5.42. The molecular weight excluding hydrogens is 294 g/mol. The van der Waals surface area contributed by atoms with Gasteiger partial charge in [0.2, 0.25) is 0 Å². The molecule has 1 unspecified atom stereocenters. The van der Waals surface area contributed by atoms with Crippen LogP contribution < -0.4 is 10.6 Å². The quantitative estimate of drug-likeness (QED) is 0.540. The molecule has 0 bridgehead atoms. The predicted octanol–water partition coefficient (Wildman–Crippen LogP) is 2.77. The zero-order valence-electron chi connectivity index (χ0n) is 13.2. The van der Waals surface area contributed by atoms with Crippen molar-refractivity contribution < 1.29 is 10.0 Å². The number of nitro groups is 1. The molecule has 0 aliphatic rings. The molecule has 0 saturated carbocycles. The molecule has 6 heteroatoms. The number of nitro benzene ring substituents is 1. The molecule has 3 N–H and O–H groups in total. The number of aryl methyl sites for hydroxylation is 1. The van der Waals surface area contributed by atoms with Crippen molar-refractivity contribution in [1.29, 1.82) is 0 Å². The molecule has 0 fully saturated rings. The zero-order chi connectivity index (χ0) is 16.8.